The van der Waals surface area contributed by atoms with Gasteiger partial charge in [0.25, 0.3) is 0 Å². The second-order valence-corrected chi connectivity index (χ2v) is 2.84. The van der Waals surface area contributed by atoms with Crippen molar-refractivity contribution in [3.8, 4) is 0 Å². The van der Waals surface area contributed by atoms with E-state index in [1.807, 2.05) is 0 Å². The maximum atomic E-state index is 5.25. The van der Waals surface area contributed by atoms with E-state index in [1.165, 1.54) is 25.0 Å². The fraction of sp³-hybridized carbons (Fsp3) is 0.875. The van der Waals surface area contributed by atoms with Gasteiger partial charge in [-0.1, -0.05) is 11.6 Å². The highest BCUT2D eigenvalue weighted by Gasteiger charge is 2.06. The Morgan fingerprint density at radius 3 is 2.64 bits per heavy atom. The van der Waals surface area contributed by atoms with Crippen LogP contribution in [0, 0.1) is 0 Å². The van der Waals surface area contributed by atoms with Crippen LogP contribution in [-0.2, 0) is 4.84 Å². The van der Waals surface area contributed by atoms with Crippen LogP contribution in [0.4, 0.5) is 0 Å². The highest BCUT2D eigenvalue weighted by atomic mass is 16.6. The zero-order chi connectivity index (χ0) is 7.94. The smallest absolute Gasteiger partial charge is 0.129 e. The lowest BCUT2D eigenvalue weighted by Gasteiger charge is -2.11. The first-order valence-corrected chi connectivity index (χ1v) is 4.31. The molecule has 3 nitrogen and oxygen atoms in total. The Bertz CT molecular complexity index is 126. The molecule has 64 valence electrons. The summed E-state index contributed by atoms with van der Waals surface area (Å²) in [5.74, 6) is 0. The third kappa shape index (κ3) is 3.37. The molecule has 1 aliphatic carbocycles. The molecule has 0 radical (unpaired) electrons. The molecular weight excluding hydrogens is 140 g/mol. The van der Waals surface area contributed by atoms with E-state index in [0.29, 0.717) is 13.2 Å². The molecule has 0 amide bonds. The van der Waals surface area contributed by atoms with Gasteiger partial charge in [0.05, 0.1) is 5.71 Å². The van der Waals surface area contributed by atoms with Crippen LogP contribution in [0.15, 0.2) is 5.16 Å². The number of oxime groups is 1. The number of rotatable bonds is 3. The van der Waals surface area contributed by atoms with Gasteiger partial charge in [-0.15, -0.1) is 0 Å². The molecule has 0 heterocycles. The molecule has 1 saturated carbocycles. The molecule has 0 unspecified atom stereocenters. The van der Waals surface area contributed by atoms with Gasteiger partial charge >= 0.3 is 0 Å². The van der Waals surface area contributed by atoms with E-state index in [-0.39, 0.29) is 0 Å². The summed E-state index contributed by atoms with van der Waals surface area (Å²) in [6.45, 7) is 1.10. The summed E-state index contributed by atoms with van der Waals surface area (Å²) in [7, 11) is 0. The van der Waals surface area contributed by atoms with Gasteiger partial charge in [0, 0.05) is 6.54 Å². The van der Waals surface area contributed by atoms with Gasteiger partial charge in [0.2, 0.25) is 0 Å². The maximum absolute atomic E-state index is 5.25. The molecule has 1 aliphatic rings. The summed E-state index contributed by atoms with van der Waals surface area (Å²) < 4.78 is 0. The molecule has 0 spiro atoms. The van der Waals surface area contributed by atoms with Gasteiger partial charge in [0.1, 0.15) is 6.61 Å². The molecule has 0 atom stereocenters. The van der Waals surface area contributed by atoms with Crippen molar-refractivity contribution in [3.63, 3.8) is 0 Å². The summed E-state index contributed by atoms with van der Waals surface area (Å²) in [5.41, 5.74) is 6.46. The van der Waals surface area contributed by atoms with E-state index in [1.54, 1.807) is 0 Å². The molecule has 0 bridgehead atoms. The number of hydrogen-bond acceptors (Lipinski definition) is 3. The van der Waals surface area contributed by atoms with Crippen LogP contribution in [0.5, 0.6) is 0 Å². The number of hydrogen-bond donors (Lipinski definition) is 1. The topological polar surface area (TPSA) is 47.6 Å². The number of nitrogens with two attached hydrogens (primary N) is 1. The van der Waals surface area contributed by atoms with Crippen LogP contribution in [-0.4, -0.2) is 18.9 Å². The minimum absolute atomic E-state index is 0.545. The van der Waals surface area contributed by atoms with E-state index in [4.69, 9.17) is 10.6 Å². The van der Waals surface area contributed by atoms with Crippen LogP contribution in [0.3, 0.4) is 0 Å². The average molecular weight is 156 g/mol. The summed E-state index contributed by atoms with van der Waals surface area (Å²) in [4.78, 5) is 4.99. The lowest BCUT2D eigenvalue weighted by molar-refractivity contribution is 0.150. The SMILES string of the molecule is NCCON=C1CCCCC1. The largest absolute Gasteiger partial charge is 0.395 e. The Labute approximate surface area is 67.6 Å². The van der Waals surface area contributed by atoms with E-state index >= 15 is 0 Å². The zero-order valence-corrected chi connectivity index (χ0v) is 6.88. The fourth-order valence-electron chi connectivity index (χ4n) is 1.24. The highest BCUT2D eigenvalue weighted by molar-refractivity contribution is 5.84. The molecule has 3 heteroatoms. The van der Waals surface area contributed by atoms with Crippen LogP contribution in [0.2, 0.25) is 0 Å². The standard InChI is InChI=1S/C8H16N2O/c9-6-7-11-10-8-4-2-1-3-5-8/h1-7,9H2. The predicted molar refractivity (Wildman–Crippen MR) is 45.5 cm³/mol. The molecule has 1 rings (SSSR count). The summed E-state index contributed by atoms with van der Waals surface area (Å²) in [5, 5.41) is 4.01. The molecular formula is C8H16N2O. The van der Waals surface area contributed by atoms with Crippen molar-refractivity contribution in [2.45, 2.75) is 32.1 Å². The molecule has 1 fully saturated rings. The second kappa shape index (κ2) is 5.13. The first-order valence-electron chi connectivity index (χ1n) is 4.31. The van der Waals surface area contributed by atoms with E-state index < -0.39 is 0 Å². The molecule has 0 aliphatic heterocycles. The fourth-order valence-corrected chi connectivity index (χ4v) is 1.24. The van der Waals surface area contributed by atoms with Crippen LogP contribution in [0.25, 0.3) is 0 Å². The Morgan fingerprint density at radius 2 is 2.00 bits per heavy atom. The van der Waals surface area contributed by atoms with Crippen molar-refractivity contribution in [2.24, 2.45) is 10.9 Å². The van der Waals surface area contributed by atoms with E-state index in [0.717, 1.165) is 12.8 Å². The van der Waals surface area contributed by atoms with Crippen molar-refractivity contribution >= 4 is 5.71 Å². The van der Waals surface area contributed by atoms with Gasteiger partial charge < -0.3 is 10.6 Å². The van der Waals surface area contributed by atoms with Crippen LogP contribution in [0.1, 0.15) is 32.1 Å². The predicted octanol–water partition coefficient (Wildman–Crippen LogP) is 1.28. The van der Waals surface area contributed by atoms with Crippen LogP contribution < -0.4 is 5.73 Å². The second-order valence-electron chi connectivity index (χ2n) is 2.84. The summed E-state index contributed by atoms with van der Waals surface area (Å²) >= 11 is 0. The molecule has 0 aromatic rings. The monoisotopic (exact) mass is 156 g/mol. The van der Waals surface area contributed by atoms with Gasteiger partial charge in [-0.3, -0.25) is 0 Å². The third-order valence-corrected chi connectivity index (χ3v) is 1.83. The Balaban J connectivity index is 2.15. The Hall–Kier alpha value is -0.570. The Kier molecular flexibility index (Phi) is 3.98. The normalized spacial score (nSPS) is 18.1. The maximum Gasteiger partial charge on any atom is 0.129 e. The molecule has 2 N–H and O–H groups in total. The van der Waals surface area contributed by atoms with Crippen LogP contribution >= 0.6 is 0 Å². The Morgan fingerprint density at radius 1 is 1.27 bits per heavy atom. The minimum atomic E-state index is 0.545. The quantitative estimate of drug-likeness (QED) is 0.494. The van der Waals surface area contributed by atoms with Gasteiger partial charge in [-0.2, -0.15) is 0 Å². The van der Waals surface area contributed by atoms with Gasteiger partial charge in [-0.05, 0) is 25.7 Å². The zero-order valence-electron chi connectivity index (χ0n) is 6.88. The van der Waals surface area contributed by atoms with Gasteiger partial charge in [-0.25, -0.2) is 0 Å². The summed E-state index contributed by atoms with van der Waals surface area (Å²) in [6, 6.07) is 0. The summed E-state index contributed by atoms with van der Waals surface area (Å²) in [6.07, 6.45) is 6.11. The van der Waals surface area contributed by atoms with Crippen molar-refractivity contribution in [1.29, 1.82) is 0 Å². The van der Waals surface area contributed by atoms with E-state index in [9.17, 15) is 0 Å². The van der Waals surface area contributed by atoms with Crippen molar-refractivity contribution in [2.75, 3.05) is 13.2 Å². The molecule has 11 heavy (non-hydrogen) atoms. The lowest BCUT2D eigenvalue weighted by atomic mass is 9.99. The highest BCUT2D eigenvalue weighted by Crippen LogP contribution is 2.14. The van der Waals surface area contributed by atoms with Gasteiger partial charge in [0.15, 0.2) is 0 Å². The molecule has 0 aromatic carbocycles. The lowest BCUT2D eigenvalue weighted by Crippen LogP contribution is -2.09. The first-order chi connectivity index (χ1) is 5.43. The van der Waals surface area contributed by atoms with E-state index in [2.05, 4.69) is 5.16 Å². The van der Waals surface area contributed by atoms with Crippen molar-refractivity contribution in [1.82, 2.24) is 0 Å². The third-order valence-electron chi connectivity index (χ3n) is 1.83. The average Bonchev–Trinajstić information content (AvgIpc) is 2.07. The molecule has 0 aromatic heterocycles. The minimum Gasteiger partial charge on any atom is -0.395 e. The van der Waals surface area contributed by atoms with Crippen molar-refractivity contribution < 1.29 is 4.84 Å². The molecule has 0 saturated heterocycles. The number of nitrogens with zero attached hydrogens (tertiary/aromatic N) is 1. The first kappa shape index (κ1) is 8.53. The van der Waals surface area contributed by atoms with Crippen molar-refractivity contribution in [3.05, 3.63) is 0 Å².